The summed E-state index contributed by atoms with van der Waals surface area (Å²) < 4.78 is 154. The molecule has 8 aliphatic rings. The summed E-state index contributed by atoms with van der Waals surface area (Å²) in [4.78, 5) is 29.3. The van der Waals surface area contributed by atoms with Crippen molar-refractivity contribution >= 4 is 113 Å². The average Bonchev–Trinajstić information content (AvgIpc) is 0.950. The zero-order chi connectivity index (χ0) is 104. The van der Waals surface area contributed by atoms with Gasteiger partial charge >= 0.3 is 0 Å². The second-order valence-electron chi connectivity index (χ2n) is 42.4. The number of rotatable bonds is 36. The highest BCUT2D eigenvalue weighted by Crippen LogP contribution is 2.51. The number of para-hydroxylation sites is 4. The molecule has 12 N–H and O–H groups in total. The average molecular weight is 2120 g/mol. The number of unbranched alkanes of at least 4 members (excludes halogenated alkanes) is 4. The standard InChI is InChI=1S/C29H37ClF2N4O.C28H34Cl2F2N4O.C28H34ClF3N4O.C28H35F3N4O/c1-4-5-10-35-14-20(15-35)33-19-12-23(31)26(24(32)13-19)28-27-22(21-8-6-7-9-25(21)34-27)11-18(2)36(28)16-29(3,30)17-37;1-3-4-9-35-13-19(14-35)33-18-11-22(31)25(23(32)12-18)27-26-21(20-7-5-6-8-24(20)34-26)10-17(2)36(27)15-28(29,30)16-37;1-3-4-9-35-13-19(14-35)33-18-11-22(30)25(23(31)12-18)27-26-21(20-7-5-6-8-24(20)34-26)10-17(2)36(27)15-28(29,32)16-37;1-3-4-9-34-14-20(15-34)32-19-11-23(30)26(24(31)12-19)28-27-22(21-7-5-6-8-25(21)33-27)10-17(2)35(28)13-18(29)16-36/h6-9,12-13,18,20,28,33-34,37H,4-5,10-11,14-17H2,1-3H3;2*5-8,11-12,17,19,27,33-34,37H,3-4,9-10,13-16H2,1-2H3;5-8,11-12,17-18,20,28,32-33,36H,3-4,9-10,13-16H2,1-2H3. The van der Waals surface area contributed by atoms with Crippen molar-refractivity contribution in [3.63, 3.8) is 0 Å². The fourth-order valence-electron chi connectivity index (χ4n) is 23.2. The van der Waals surface area contributed by atoms with Crippen molar-refractivity contribution in [2.24, 2.45) is 0 Å². The van der Waals surface area contributed by atoms with Gasteiger partial charge in [-0.05, 0) is 207 Å². The zero-order valence-electron chi connectivity index (χ0n) is 85.1. The minimum Gasteiger partial charge on any atom is -0.395 e. The van der Waals surface area contributed by atoms with Crippen LogP contribution in [0.4, 0.5) is 66.7 Å². The summed E-state index contributed by atoms with van der Waals surface area (Å²) in [5, 5.41) is 53.3. The molecule has 20 rings (SSSR count). The van der Waals surface area contributed by atoms with Crippen LogP contribution in [0.15, 0.2) is 146 Å². The molecule has 12 aromatic rings. The SMILES string of the molecule is CCCCN1CC(Nc2cc(F)c(C3c4[nH]c5ccccc5c4CC(C)N3CC(C)(Cl)CO)c(F)c2)C1.CCCCN1CC(Nc2cc(F)c(C3c4[nH]c5ccccc5c4CC(C)N3CC(Cl)(Cl)CO)c(F)c2)C1.CCCCN1CC(Nc2cc(F)c(C3c4[nH]c5ccccc5c4CC(C)N3CC(F)(Cl)CO)c(F)c2)C1.CCCCN1CC(Nc2cc(F)c(C3c4[nH]c5ccccc5c4CC(C)N3CC(F)CO)c(F)c2)C1. The number of halogens is 14. The van der Waals surface area contributed by atoms with Crippen molar-refractivity contribution in [2.75, 3.05) is 152 Å². The molecule has 794 valence electrons. The van der Waals surface area contributed by atoms with Gasteiger partial charge < -0.3 is 61.6 Å². The van der Waals surface area contributed by atoms with E-state index in [0.29, 0.717) is 59.8 Å². The van der Waals surface area contributed by atoms with Crippen LogP contribution in [0.1, 0.15) is 205 Å². The maximum atomic E-state index is 15.9. The van der Waals surface area contributed by atoms with Gasteiger partial charge in [-0.2, -0.15) is 0 Å². The van der Waals surface area contributed by atoms with Gasteiger partial charge in [-0.3, -0.25) is 39.2 Å². The molecule has 0 amide bonds. The monoisotopic (exact) mass is 2110 g/mol. The van der Waals surface area contributed by atoms with Crippen LogP contribution < -0.4 is 21.3 Å². The van der Waals surface area contributed by atoms with Gasteiger partial charge in [0.2, 0.25) is 5.13 Å². The molecular weight excluding hydrogens is 1980 g/mol. The lowest BCUT2D eigenvalue weighted by Crippen LogP contribution is -2.54. The van der Waals surface area contributed by atoms with Crippen LogP contribution in [0.25, 0.3) is 43.6 Å². The van der Waals surface area contributed by atoms with Gasteiger partial charge in [-0.1, -0.05) is 161 Å². The minimum absolute atomic E-state index is 0.00787. The molecule has 11 atom stereocenters. The second-order valence-corrected chi connectivity index (χ2v) is 45.6. The summed E-state index contributed by atoms with van der Waals surface area (Å²) in [6, 6.07) is 39.1. The number of aromatic amines is 4. The molecule has 34 heteroatoms. The molecule has 4 aromatic heterocycles. The van der Waals surface area contributed by atoms with Crippen LogP contribution in [-0.2, 0) is 25.7 Å². The first-order chi connectivity index (χ1) is 70.5. The van der Waals surface area contributed by atoms with Gasteiger partial charge in [-0.15, -0.1) is 11.6 Å². The van der Waals surface area contributed by atoms with Crippen LogP contribution in [0.5, 0.6) is 0 Å². The van der Waals surface area contributed by atoms with Crippen LogP contribution in [0, 0.1) is 46.5 Å². The Morgan fingerprint density at radius 1 is 0.354 bits per heavy atom. The van der Waals surface area contributed by atoms with E-state index in [1.165, 1.54) is 48.5 Å². The fraction of sp³-hybridized carbons (Fsp3) is 0.504. The summed E-state index contributed by atoms with van der Waals surface area (Å²) in [6.45, 7) is 26.9. The van der Waals surface area contributed by atoms with Crippen molar-refractivity contribution in [1.82, 2.24) is 59.1 Å². The predicted octanol–water partition coefficient (Wildman–Crippen LogP) is 22.1. The molecule has 4 fully saturated rings. The van der Waals surface area contributed by atoms with Crippen LogP contribution in [0.3, 0.4) is 0 Å². The summed E-state index contributed by atoms with van der Waals surface area (Å²) >= 11 is 25.3. The van der Waals surface area contributed by atoms with E-state index >= 15 is 35.1 Å². The van der Waals surface area contributed by atoms with Gasteiger partial charge in [0.05, 0.1) is 86.2 Å². The van der Waals surface area contributed by atoms with E-state index in [-0.39, 0.29) is 103 Å². The Morgan fingerprint density at radius 3 is 0.844 bits per heavy atom. The lowest BCUT2D eigenvalue weighted by molar-refractivity contribution is 0.0535. The molecule has 12 heterocycles. The molecule has 0 saturated carbocycles. The third kappa shape index (κ3) is 24.3. The van der Waals surface area contributed by atoms with E-state index in [1.807, 2.05) is 128 Å². The molecular formula is C113H140Cl4F10N16O4. The molecule has 4 saturated heterocycles. The first-order valence-electron chi connectivity index (χ1n) is 52.3. The largest absolute Gasteiger partial charge is 0.395 e. The number of nitrogens with zero attached hydrogens (tertiary/aromatic N) is 8. The number of aromatic nitrogens is 4. The second kappa shape index (κ2) is 47.1. The van der Waals surface area contributed by atoms with Crippen LogP contribution in [0.2, 0.25) is 0 Å². The number of hydrogen-bond donors (Lipinski definition) is 12. The summed E-state index contributed by atoms with van der Waals surface area (Å²) in [6.07, 6.45) is 10.2. The summed E-state index contributed by atoms with van der Waals surface area (Å²) in [5.41, 5.74) is 11.9. The summed E-state index contributed by atoms with van der Waals surface area (Å²) in [5.74, 6) is -5.16. The van der Waals surface area contributed by atoms with Crippen LogP contribution >= 0.6 is 46.4 Å². The van der Waals surface area contributed by atoms with Crippen molar-refractivity contribution < 1.29 is 64.3 Å². The zero-order valence-corrected chi connectivity index (χ0v) is 88.2. The van der Waals surface area contributed by atoms with Gasteiger partial charge in [0.1, 0.15) is 52.7 Å². The quantitative estimate of drug-likeness (QED) is 0.0130. The normalized spacial score (nSPS) is 22.1. The molecule has 147 heavy (non-hydrogen) atoms. The lowest BCUT2D eigenvalue weighted by Gasteiger charge is -2.44. The van der Waals surface area contributed by atoms with E-state index < -0.39 is 111 Å². The van der Waals surface area contributed by atoms with Crippen molar-refractivity contribution in [2.45, 2.75) is 232 Å². The molecule has 0 radical (unpaired) electrons. The maximum absolute atomic E-state index is 15.9. The number of aliphatic hydroxyl groups excluding tert-OH is 4. The highest BCUT2D eigenvalue weighted by atomic mass is 35.5. The number of fused-ring (bicyclic) bond motifs is 12. The maximum Gasteiger partial charge on any atom is 0.218 e. The van der Waals surface area contributed by atoms with Gasteiger partial charge in [0.25, 0.3) is 0 Å². The van der Waals surface area contributed by atoms with E-state index in [4.69, 9.17) is 46.4 Å². The number of H-pyrrole nitrogens is 4. The van der Waals surface area contributed by atoms with Gasteiger partial charge in [-0.25, -0.2) is 43.9 Å². The highest BCUT2D eigenvalue weighted by Gasteiger charge is 2.49. The van der Waals surface area contributed by atoms with Crippen LogP contribution in [-0.4, -0.2) is 280 Å². The fourth-order valence-corrected chi connectivity index (χ4v) is 23.8. The van der Waals surface area contributed by atoms with E-state index in [2.05, 4.69) is 95.4 Å². The molecule has 11 unspecified atom stereocenters. The summed E-state index contributed by atoms with van der Waals surface area (Å²) in [7, 11) is 0. The Bertz CT molecular complexity index is 5970. The third-order valence-electron chi connectivity index (χ3n) is 30.8. The Hall–Kier alpha value is -8.90. The molecule has 0 bridgehead atoms. The number of alkyl halides is 6. The lowest BCUT2D eigenvalue weighted by atomic mass is 9.87. The topological polar surface area (TPSA) is 218 Å². The van der Waals surface area contributed by atoms with E-state index in [0.717, 1.165) is 207 Å². The number of hydrogen-bond acceptors (Lipinski definition) is 16. The number of benzene rings is 8. The first-order valence-corrected chi connectivity index (χ1v) is 53.9. The van der Waals surface area contributed by atoms with E-state index in [9.17, 15) is 29.2 Å². The molecule has 0 spiro atoms. The Labute approximate surface area is 874 Å². The molecule has 8 aliphatic heterocycles. The molecule has 8 aromatic carbocycles. The number of aliphatic hydroxyl groups is 4. The Morgan fingerprint density at radius 2 is 0.599 bits per heavy atom. The molecule has 20 nitrogen and oxygen atoms in total. The Balaban J connectivity index is 0.000000134. The number of nitrogens with one attached hydrogen (secondary N) is 8. The smallest absolute Gasteiger partial charge is 0.218 e. The van der Waals surface area contributed by atoms with Crippen molar-refractivity contribution in [3.05, 3.63) is 259 Å². The third-order valence-corrected chi connectivity index (χ3v) is 31.8. The highest BCUT2D eigenvalue weighted by molar-refractivity contribution is 6.48. The Kier molecular flexibility index (Phi) is 35.1. The van der Waals surface area contributed by atoms with Crippen molar-refractivity contribution in [1.29, 1.82) is 0 Å². The minimum atomic E-state index is -2.45. The molecule has 0 aliphatic carbocycles. The van der Waals surface area contributed by atoms with Gasteiger partial charge in [0.15, 0.2) is 4.33 Å². The predicted molar refractivity (Wildman–Crippen MR) is 572 cm³/mol. The first kappa shape index (κ1) is 109. The van der Waals surface area contributed by atoms with Crippen molar-refractivity contribution in [3.8, 4) is 0 Å². The number of anilines is 4. The van der Waals surface area contributed by atoms with E-state index in [1.54, 1.807) is 16.7 Å². The van der Waals surface area contributed by atoms with Gasteiger partial charge in [0, 0.05) is 208 Å². The number of likely N-dealkylation sites (tertiary alicyclic amines) is 4.